The summed E-state index contributed by atoms with van der Waals surface area (Å²) in [5.74, 6) is -1.25. The molecular weight excluding hydrogens is 263 g/mol. The second kappa shape index (κ2) is 4.47. The van der Waals surface area contributed by atoms with Gasteiger partial charge in [-0.1, -0.05) is 6.07 Å². The lowest BCUT2D eigenvalue weighted by atomic mass is 10.1. The minimum Gasteiger partial charge on any atom is -0.481 e. The lowest BCUT2D eigenvalue weighted by Gasteiger charge is -2.19. The zero-order valence-electron chi connectivity index (χ0n) is 10.9. The molecule has 2 aliphatic rings. The summed E-state index contributed by atoms with van der Waals surface area (Å²) in [6.45, 7) is 0.618. The Morgan fingerprint density at radius 1 is 1.40 bits per heavy atom. The normalized spacial score (nSPS) is 18.6. The molecule has 0 unspecified atom stereocenters. The Balaban J connectivity index is 1.68. The minimum atomic E-state index is -0.870. The molecule has 0 aromatic heterocycles. The predicted molar refractivity (Wildman–Crippen MR) is 70.2 cm³/mol. The second-order valence-electron chi connectivity index (χ2n) is 5.42. The van der Waals surface area contributed by atoms with Gasteiger partial charge in [-0.3, -0.25) is 9.69 Å². The number of carbonyl (C=O) groups is 2. The number of carboxylic acids is 1. The van der Waals surface area contributed by atoms with Crippen LogP contribution in [-0.2, 0) is 11.2 Å². The lowest BCUT2D eigenvalue weighted by molar-refractivity contribution is -0.143. The van der Waals surface area contributed by atoms with Crippen LogP contribution in [0.4, 0.5) is 14.9 Å². The number of aliphatic carboxylic acids is 1. The number of rotatable bonds is 3. The molecule has 0 bridgehead atoms. The van der Waals surface area contributed by atoms with E-state index in [1.54, 1.807) is 6.07 Å². The molecule has 2 N–H and O–H groups in total. The van der Waals surface area contributed by atoms with Crippen LogP contribution in [0.15, 0.2) is 18.2 Å². The standard InChI is InChI=1S/C14H15FN2O3/c15-10-2-1-9-3-6-17(11(9)7-10)13(20)16-8-14(4-5-14)12(18)19/h1-2,7H,3-6,8H2,(H,16,20)(H,18,19). The van der Waals surface area contributed by atoms with Crippen molar-refractivity contribution in [2.24, 2.45) is 5.41 Å². The third kappa shape index (κ3) is 2.11. The first kappa shape index (κ1) is 12.9. The summed E-state index contributed by atoms with van der Waals surface area (Å²) in [7, 11) is 0. The number of amides is 2. The van der Waals surface area contributed by atoms with Crippen molar-refractivity contribution in [3.63, 3.8) is 0 Å². The van der Waals surface area contributed by atoms with Crippen molar-refractivity contribution in [3.05, 3.63) is 29.6 Å². The number of urea groups is 1. The van der Waals surface area contributed by atoms with Crippen LogP contribution >= 0.6 is 0 Å². The molecule has 1 saturated carbocycles. The van der Waals surface area contributed by atoms with Crippen LogP contribution in [0.5, 0.6) is 0 Å². The van der Waals surface area contributed by atoms with Crippen LogP contribution in [0.25, 0.3) is 0 Å². The SMILES string of the molecule is O=C(NCC1(C(=O)O)CC1)N1CCc2ccc(F)cc21. The molecule has 1 aliphatic carbocycles. The van der Waals surface area contributed by atoms with Crippen LogP contribution in [-0.4, -0.2) is 30.2 Å². The van der Waals surface area contributed by atoms with Gasteiger partial charge in [0, 0.05) is 13.1 Å². The van der Waals surface area contributed by atoms with Gasteiger partial charge in [0.25, 0.3) is 0 Å². The summed E-state index contributed by atoms with van der Waals surface area (Å²) < 4.78 is 13.3. The largest absolute Gasteiger partial charge is 0.481 e. The minimum absolute atomic E-state index is 0.127. The third-order valence-corrected chi connectivity index (χ3v) is 4.07. The summed E-state index contributed by atoms with van der Waals surface area (Å²) in [5, 5.41) is 11.7. The first-order chi connectivity index (χ1) is 9.52. The van der Waals surface area contributed by atoms with E-state index in [4.69, 9.17) is 5.11 Å². The van der Waals surface area contributed by atoms with Gasteiger partial charge in [0.1, 0.15) is 5.82 Å². The Morgan fingerprint density at radius 3 is 2.80 bits per heavy atom. The second-order valence-corrected chi connectivity index (χ2v) is 5.42. The highest BCUT2D eigenvalue weighted by atomic mass is 19.1. The van der Waals surface area contributed by atoms with E-state index in [-0.39, 0.29) is 18.4 Å². The summed E-state index contributed by atoms with van der Waals surface area (Å²) in [6.07, 6.45) is 1.87. The molecule has 0 spiro atoms. The van der Waals surface area contributed by atoms with Crippen molar-refractivity contribution in [2.45, 2.75) is 19.3 Å². The molecule has 3 rings (SSSR count). The molecule has 1 aliphatic heterocycles. The Kier molecular flexibility index (Phi) is 2.88. The van der Waals surface area contributed by atoms with Crippen LogP contribution in [0, 0.1) is 11.2 Å². The van der Waals surface area contributed by atoms with E-state index in [0.29, 0.717) is 31.5 Å². The quantitative estimate of drug-likeness (QED) is 0.885. The van der Waals surface area contributed by atoms with Gasteiger partial charge in [0.05, 0.1) is 11.1 Å². The molecule has 0 saturated heterocycles. The van der Waals surface area contributed by atoms with E-state index in [1.807, 2.05) is 0 Å². The van der Waals surface area contributed by atoms with E-state index < -0.39 is 11.4 Å². The van der Waals surface area contributed by atoms with E-state index in [1.165, 1.54) is 17.0 Å². The number of carboxylic acid groups (broad SMARTS) is 1. The average Bonchev–Trinajstić information content (AvgIpc) is 3.10. The average molecular weight is 278 g/mol. The number of benzene rings is 1. The molecule has 5 nitrogen and oxygen atoms in total. The Labute approximate surface area is 115 Å². The van der Waals surface area contributed by atoms with Gasteiger partial charge < -0.3 is 10.4 Å². The summed E-state index contributed by atoms with van der Waals surface area (Å²) in [6, 6.07) is 4.04. The fraction of sp³-hybridized carbons (Fsp3) is 0.429. The van der Waals surface area contributed by atoms with E-state index in [9.17, 15) is 14.0 Å². The van der Waals surface area contributed by atoms with Gasteiger partial charge in [0.2, 0.25) is 0 Å². The maximum atomic E-state index is 13.3. The fourth-order valence-electron chi connectivity index (χ4n) is 2.52. The summed E-state index contributed by atoms with van der Waals surface area (Å²) in [5.41, 5.74) is 0.712. The maximum Gasteiger partial charge on any atom is 0.321 e. The predicted octanol–water partition coefficient (Wildman–Crippen LogP) is 1.76. The number of hydrogen-bond acceptors (Lipinski definition) is 2. The maximum absolute atomic E-state index is 13.3. The van der Waals surface area contributed by atoms with Gasteiger partial charge in [-0.05, 0) is 37.0 Å². The Bertz CT molecular complexity index is 584. The highest BCUT2D eigenvalue weighted by molar-refractivity contribution is 5.94. The molecule has 1 aromatic rings. The van der Waals surface area contributed by atoms with Gasteiger partial charge in [-0.2, -0.15) is 0 Å². The number of halogens is 1. The van der Waals surface area contributed by atoms with Gasteiger partial charge in [-0.25, -0.2) is 9.18 Å². The van der Waals surface area contributed by atoms with Gasteiger partial charge in [-0.15, -0.1) is 0 Å². The Morgan fingerprint density at radius 2 is 2.15 bits per heavy atom. The first-order valence-corrected chi connectivity index (χ1v) is 6.59. The van der Waals surface area contributed by atoms with Crippen molar-refractivity contribution in [2.75, 3.05) is 18.0 Å². The molecule has 20 heavy (non-hydrogen) atoms. The summed E-state index contributed by atoms with van der Waals surface area (Å²) in [4.78, 5) is 24.6. The van der Waals surface area contributed by atoms with Crippen molar-refractivity contribution >= 4 is 17.7 Å². The number of nitrogens with zero attached hydrogens (tertiary/aromatic N) is 1. The molecule has 1 fully saturated rings. The van der Waals surface area contributed by atoms with Crippen molar-refractivity contribution in [1.82, 2.24) is 5.32 Å². The number of anilines is 1. The molecule has 0 atom stereocenters. The first-order valence-electron chi connectivity index (χ1n) is 6.59. The molecule has 1 heterocycles. The molecule has 6 heteroatoms. The lowest BCUT2D eigenvalue weighted by Crippen LogP contribution is -2.43. The van der Waals surface area contributed by atoms with Crippen LogP contribution in [0.2, 0.25) is 0 Å². The summed E-state index contributed by atoms with van der Waals surface area (Å²) >= 11 is 0. The Hall–Kier alpha value is -2.11. The number of carbonyl (C=O) groups excluding carboxylic acids is 1. The third-order valence-electron chi connectivity index (χ3n) is 4.07. The zero-order chi connectivity index (χ0) is 14.3. The van der Waals surface area contributed by atoms with Crippen LogP contribution in [0.3, 0.4) is 0 Å². The molecular formula is C14H15FN2O3. The van der Waals surface area contributed by atoms with Crippen molar-refractivity contribution < 1.29 is 19.1 Å². The monoisotopic (exact) mass is 278 g/mol. The van der Waals surface area contributed by atoms with E-state index in [2.05, 4.69) is 5.32 Å². The topological polar surface area (TPSA) is 69.6 Å². The smallest absolute Gasteiger partial charge is 0.321 e. The van der Waals surface area contributed by atoms with Crippen molar-refractivity contribution in [1.29, 1.82) is 0 Å². The highest BCUT2D eigenvalue weighted by Gasteiger charge is 2.50. The molecule has 1 aromatic carbocycles. The van der Waals surface area contributed by atoms with Crippen molar-refractivity contribution in [3.8, 4) is 0 Å². The van der Waals surface area contributed by atoms with Crippen LogP contribution < -0.4 is 10.2 Å². The highest BCUT2D eigenvalue weighted by Crippen LogP contribution is 2.45. The number of hydrogen-bond donors (Lipinski definition) is 2. The van der Waals surface area contributed by atoms with E-state index >= 15 is 0 Å². The number of fused-ring (bicyclic) bond motifs is 1. The van der Waals surface area contributed by atoms with Gasteiger partial charge in [0.15, 0.2) is 0 Å². The zero-order valence-corrected chi connectivity index (χ0v) is 10.9. The fourth-order valence-corrected chi connectivity index (χ4v) is 2.52. The molecule has 106 valence electrons. The van der Waals surface area contributed by atoms with Gasteiger partial charge >= 0.3 is 12.0 Å². The molecule has 0 radical (unpaired) electrons. The van der Waals surface area contributed by atoms with E-state index in [0.717, 1.165) is 5.56 Å². The van der Waals surface area contributed by atoms with Crippen LogP contribution in [0.1, 0.15) is 18.4 Å². The number of nitrogens with one attached hydrogen (secondary N) is 1. The molecule has 2 amide bonds.